The van der Waals surface area contributed by atoms with Crippen molar-refractivity contribution in [3.05, 3.63) is 47.0 Å². The summed E-state index contributed by atoms with van der Waals surface area (Å²) in [5.74, 6) is -4.75. The standard InChI is InChI=1S/C14H13F3N2O2/c1-3-12-9(14(20)21-4-2)7-18-19(12)8-5-10(15)13(17)11(16)6-8/h5-7H,3-4H2,1-2H3. The lowest BCUT2D eigenvalue weighted by molar-refractivity contribution is 0.0525. The molecule has 1 aromatic heterocycles. The van der Waals surface area contributed by atoms with Crippen LogP contribution in [0, 0.1) is 17.5 Å². The fourth-order valence-electron chi connectivity index (χ4n) is 1.98. The molecule has 0 fully saturated rings. The Balaban J connectivity index is 2.53. The van der Waals surface area contributed by atoms with E-state index in [1.165, 1.54) is 10.9 Å². The smallest absolute Gasteiger partial charge is 0.341 e. The van der Waals surface area contributed by atoms with Crippen LogP contribution < -0.4 is 0 Å². The molecule has 0 aliphatic rings. The number of esters is 1. The third-order valence-corrected chi connectivity index (χ3v) is 2.91. The van der Waals surface area contributed by atoms with E-state index in [2.05, 4.69) is 5.10 Å². The predicted octanol–water partition coefficient (Wildman–Crippen LogP) is 3.03. The number of rotatable bonds is 4. The van der Waals surface area contributed by atoms with Gasteiger partial charge in [-0.3, -0.25) is 0 Å². The summed E-state index contributed by atoms with van der Waals surface area (Å²) in [5.41, 5.74) is 0.641. The van der Waals surface area contributed by atoms with Crippen LogP contribution >= 0.6 is 0 Å². The van der Waals surface area contributed by atoms with Gasteiger partial charge in [0, 0.05) is 12.1 Å². The van der Waals surface area contributed by atoms with E-state index in [-0.39, 0.29) is 17.9 Å². The largest absolute Gasteiger partial charge is 0.462 e. The molecule has 0 bridgehead atoms. The minimum Gasteiger partial charge on any atom is -0.462 e. The van der Waals surface area contributed by atoms with Crippen molar-refractivity contribution in [3.63, 3.8) is 0 Å². The van der Waals surface area contributed by atoms with Gasteiger partial charge in [0.1, 0.15) is 5.56 Å². The van der Waals surface area contributed by atoms with Gasteiger partial charge in [-0.25, -0.2) is 22.6 Å². The van der Waals surface area contributed by atoms with Crippen LogP contribution in [0.15, 0.2) is 18.3 Å². The second-order valence-corrected chi connectivity index (χ2v) is 4.21. The zero-order chi connectivity index (χ0) is 15.6. The average Bonchev–Trinajstić information content (AvgIpc) is 2.88. The molecular weight excluding hydrogens is 285 g/mol. The number of hydrogen-bond acceptors (Lipinski definition) is 3. The summed E-state index contributed by atoms with van der Waals surface area (Å²) in [6, 6.07) is 1.64. The van der Waals surface area contributed by atoms with Crippen LogP contribution in [0.25, 0.3) is 5.69 Å². The van der Waals surface area contributed by atoms with E-state index in [0.29, 0.717) is 12.1 Å². The molecule has 0 radical (unpaired) electrons. The SMILES string of the molecule is CCOC(=O)c1cnn(-c2cc(F)c(F)c(F)c2)c1CC. The van der Waals surface area contributed by atoms with Crippen molar-refractivity contribution in [1.29, 1.82) is 0 Å². The van der Waals surface area contributed by atoms with Crippen LogP contribution in [0.2, 0.25) is 0 Å². The van der Waals surface area contributed by atoms with Crippen LogP contribution in [0.3, 0.4) is 0 Å². The molecule has 0 amide bonds. The Labute approximate surface area is 119 Å². The number of ether oxygens (including phenoxy) is 1. The first-order chi connectivity index (χ1) is 9.99. The molecule has 1 heterocycles. The van der Waals surface area contributed by atoms with Crippen molar-refractivity contribution < 1.29 is 22.7 Å². The number of carbonyl (C=O) groups excluding carboxylic acids is 1. The van der Waals surface area contributed by atoms with Crippen LogP contribution in [0.5, 0.6) is 0 Å². The van der Waals surface area contributed by atoms with Gasteiger partial charge in [-0.2, -0.15) is 5.10 Å². The molecule has 0 saturated heterocycles. The molecule has 0 atom stereocenters. The second kappa shape index (κ2) is 5.99. The van der Waals surface area contributed by atoms with Crippen molar-refractivity contribution in [3.8, 4) is 5.69 Å². The molecule has 21 heavy (non-hydrogen) atoms. The number of benzene rings is 1. The lowest BCUT2D eigenvalue weighted by Crippen LogP contribution is -2.09. The van der Waals surface area contributed by atoms with Crippen LogP contribution in [0.4, 0.5) is 13.2 Å². The fraction of sp³-hybridized carbons (Fsp3) is 0.286. The molecular formula is C14H13F3N2O2. The van der Waals surface area contributed by atoms with Gasteiger partial charge < -0.3 is 4.74 Å². The molecule has 0 aliphatic carbocycles. The highest BCUT2D eigenvalue weighted by Crippen LogP contribution is 2.20. The second-order valence-electron chi connectivity index (χ2n) is 4.21. The molecule has 1 aromatic carbocycles. The first kappa shape index (κ1) is 15.1. The molecule has 0 N–H and O–H groups in total. The van der Waals surface area contributed by atoms with Crippen molar-refractivity contribution in [1.82, 2.24) is 9.78 Å². The Morgan fingerprint density at radius 3 is 2.38 bits per heavy atom. The zero-order valence-electron chi connectivity index (χ0n) is 11.5. The van der Waals surface area contributed by atoms with E-state index in [1.54, 1.807) is 13.8 Å². The van der Waals surface area contributed by atoms with E-state index < -0.39 is 23.4 Å². The summed E-state index contributed by atoms with van der Waals surface area (Å²) in [7, 11) is 0. The van der Waals surface area contributed by atoms with Crippen molar-refractivity contribution >= 4 is 5.97 Å². The molecule has 0 spiro atoms. The molecule has 112 valence electrons. The average molecular weight is 298 g/mol. The van der Waals surface area contributed by atoms with Crippen molar-refractivity contribution in [2.45, 2.75) is 20.3 Å². The highest BCUT2D eigenvalue weighted by Gasteiger charge is 2.20. The minimum absolute atomic E-state index is 0.00111. The Morgan fingerprint density at radius 2 is 1.86 bits per heavy atom. The summed E-state index contributed by atoms with van der Waals surface area (Å²) >= 11 is 0. The molecule has 0 unspecified atom stereocenters. The third-order valence-electron chi connectivity index (χ3n) is 2.91. The minimum atomic E-state index is -1.55. The van der Waals surface area contributed by atoms with Crippen LogP contribution in [0.1, 0.15) is 29.9 Å². The maximum atomic E-state index is 13.3. The van der Waals surface area contributed by atoms with Crippen molar-refractivity contribution in [2.24, 2.45) is 0 Å². The number of halogens is 3. The summed E-state index contributed by atoms with van der Waals surface area (Å²) in [4.78, 5) is 11.8. The van der Waals surface area contributed by atoms with E-state index >= 15 is 0 Å². The van der Waals surface area contributed by atoms with Crippen molar-refractivity contribution in [2.75, 3.05) is 6.61 Å². The van der Waals surface area contributed by atoms with Gasteiger partial charge in [0.05, 0.1) is 24.2 Å². The summed E-state index contributed by atoms with van der Waals surface area (Å²) in [6.07, 6.45) is 1.64. The van der Waals surface area contributed by atoms with E-state index in [1.807, 2.05) is 0 Å². The lowest BCUT2D eigenvalue weighted by Gasteiger charge is -2.08. The Kier molecular flexibility index (Phi) is 4.30. The summed E-state index contributed by atoms with van der Waals surface area (Å²) in [6.45, 7) is 3.62. The zero-order valence-corrected chi connectivity index (χ0v) is 11.5. The van der Waals surface area contributed by atoms with Crippen LogP contribution in [-0.2, 0) is 11.2 Å². The monoisotopic (exact) mass is 298 g/mol. The first-order valence-electron chi connectivity index (χ1n) is 6.38. The van der Waals surface area contributed by atoms with Gasteiger partial charge >= 0.3 is 5.97 Å². The van der Waals surface area contributed by atoms with Gasteiger partial charge in [-0.1, -0.05) is 6.92 Å². The molecule has 2 aromatic rings. The predicted molar refractivity (Wildman–Crippen MR) is 68.8 cm³/mol. The molecule has 7 heteroatoms. The highest BCUT2D eigenvalue weighted by atomic mass is 19.2. The fourth-order valence-corrected chi connectivity index (χ4v) is 1.98. The summed E-state index contributed by atoms with van der Waals surface area (Å²) in [5, 5.41) is 3.93. The molecule has 0 aliphatic heterocycles. The number of carbonyl (C=O) groups is 1. The topological polar surface area (TPSA) is 44.1 Å². The van der Waals surface area contributed by atoms with Gasteiger partial charge in [-0.05, 0) is 13.3 Å². The lowest BCUT2D eigenvalue weighted by atomic mass is 10.2. The van der Waals surface area contributed by atoms with E-state index in [9.17, 15) is 18.0 Å². The summed E-state index contributed by atoms with van der Waals surface area (Å²) < 4.78 is 45.7. The van der Waals surface area contributed by atoms with E-state index in [0.717, 1.165) is 12.1 Å². The van der Waals surface area contributed by atoms with Gasteiger partial charge in [0.15, 0.2) is 17.5 Å². The maximum Gasteiger partial charge on any atom is 0.341 e. The molecule has 2 rings (SSSR count). The molecule has 0 saturated carbocycles. The number of nitrogens with zero attached hydrogens (tertiary/aromatic N) is 2. The quantitative estimate of drug-likeness (QED) is 0.644. The van der Waals surface area contributed by atoms with Crippen LogP contribution in [-0.4, -0.2) is 22.4 Å². The number of aromatic nitrogens is 2. The van der Waals surface area contributed by atoms with Gasteiger partial charge in [0.25, 0.3) is 0 Å². The Bertz CT molecular complexity index is 660. The third kappa shape index (κ3) is 2.76. The molecule has 4 nitrogen and oxygen atoms in total. The van der Waals surface area contributed by atoms with Gasteiger partial charge in [0.2, 0.25) is 0 Å². The Hall–Kier alpha value is -2.31. The number of hydrogen-bond donors (Lipinski definition) is 0. The first-order valence-corrected chi connectivity index (χ1v) is 6.38. The highest BCUT2D eigenvalue weighted by molar-refractivity contribution is 5.90. The Morgan fingerprint density at radius 1 is 1.24 bits per heavy atom. The maximum absolute atomic E-state index is 13.3. The van der Waals surface area contributed by atoms with E-state index in [4.69, 9.17) is 4.74 Å². The normalized spacial score (nSPS) is 10.7. The van der Waals surface area contributed by atoms with Gasteiger partial charge in [-0.15, -0.1) is 0 Å².